The third-order valence-electron chi connectivity index (χ3n) is 7.25. The summed E-state index contributed by atoms with van der Waals surface area (Å²) in [6.07, 6.45) is 4.64. The number of hydrogen-bond acceptors (Lipinski definition) is 9. The van der Waals surface area contributed by atoms with Crippen molar-refractivity contribution < 1.29 is 39.1 Å². The van der Waals surface area contributed by atoms with Crippen molar-refractivity contribution in [1.29, 1.82) is 0 Å². The molecule has 0 radical (unpaired) electrons. The van der Waals surface area contributed by atoms with Crippen LogP contribution in [0.3, 0.4) is 0 Å². The minimum absolute atomic E-state index is 0.0416. The van der Waals surface area contributed by atoms with Gasteiger partial charge in [-0.25, -0.2) is 4.79 Å². The first kappa shape index (κ1) is 34.4. The molecule has 1 aliphatic rings. The molecule has 0 fully saturated rings. The summed E-state index contributed by atoms with van der Waals surface area (Å²) in [5.74, 6) is -1.41. The van der Waals surface area contributed by atoms with Crippen LogP contribution < -0.4 is 16.4 Å². The Morgan fingerprint density at radius 2 is 1.93 bits per heavy atom. The molecule has 1 unspecified atom stereocenters. The number of nitrogens with one attached hydrogen (secondary N) is 2. The number of primary amides is 1. The van der Waals surface area contributed by atoms with Crippen molar-refractivity contribution in [2.75, 3.05) is 31.4 Å². The Balaban J connectivity index is 2.67. The van der Waals surface area contributed by atoms with Gasteiger partial charge in [-0.2, -0.15) is 0 Å². The van der Waals surface area contributed by atoms with Gasteiger partial charge in [0.05, 0.1) is 23.6 Å². The van der Waals surface area contributed by atoms with Crippen LogP contribution in [0.4, 0.5) is 16.2 Å². The van der Waals surface area contributed by atoms with Crippen molar-refractivity contribution in [3.05, 3.63) is 59.7 Å². The second-order valence-corrected chi connectivity index (χ2v) is 10.6. The number of aliphatic hydroxyl groups is 1. The average molecular weight is 588 g/mol. The van der Waals surface area contributed by atoms with Gasteiger partial charge in [-0.05, 0) is 38.2 Å². The SMILES string of the molecule is C=CCNc1c(O)cc2c(O)c1C[C@@H](C)C[C@H](OC)[C@H](O)[C@@H](C)C=C(C)[C@H](OC(N)=O)C(OC)C=CC=C(C)C(=O)N2. The fourth-order valence-electron chi connectivity index (χ4n) is 4.98. The van der Waals surface area contributed by atoms with E-state index >= 15 is 0 Å². The van der Waals surface area contributed by atoms with E-state index in [4.69, 9.17) is 19.9 Å². The van der Waals surface area contributed by atoms with E-state index in [-0.39, 0.29) is 23.1 Å². The van der Waals surface area contributed by atoms with Crippen LogP contribution in [0, 0.1) is 11.8 Å². The molecule has 1 aliphatic heterocycles. The number of nitrogens with two attached hydrogens (primary N) is 1. The first-order valence-electron chi connectivity index (χ1n) is 13.8. The Morgan fingerprint density at radius 3 is 2.52 bits per heavy atom. The van der Waals surface area contributed by atoms with Gasteiger partial charge in [-0.15, -0.1) is 6.58 Å². The van der Waals surface area contributed by atoms with Gasteiger partial charge in [-0.3, -0.25) is 4.79 Å². The second kappa shape index (κ2) is 16.0. The molecule has 11 heteroatoms. The number of carbonyl (C=O) groups is 2. The van der Waals surface area contributed by atoms with Gasteiger partial charge in [0, 0.05) is 43.9 Å². The molecule has 1 heterocycles. The molecule has 2 amide bonds. The monoisotopic (exact) mass is 587 g/mol. The Labute approximate surface area is 247 Å². The molecule has 0 spiro atoms. The van der Waals surface area contributed by atoms with E-state index in [1.54, 1.807) is 38.2 Å². The average Bonchev–Trinajstić information content (AvgIpc) is 2.94. The lowest BCUT2D eigenvalue weighted by Gasteiger charge is -2.29. The van der Waals surface area contributed by atoms with Crippen molar-refractivity contribution in [2.24, 2.45) is 17.6 Å². The fraction of sp³-hybridized carbons (Fsp3) is 0.484. The van der Waals surface area contributed by atoms with Crippen LogP contribution in [0.2, 0.25) is 0 Å². The van der Waals surface area contributed by atoms with Gasteiger partial charge >= 0.3 is 6.09 Å². The highest BCUT2D eigenvalue weighted by atomic mass is 16.6. The normalized spacial score (nSPS) is 26.0. The number of anilines is 2. The Bertz CT molecular complexity index is 1210. The molecule has 0 aliphatic carbocycles. The number of allylic oxidation sites excluding steroid dienone is 2. The number of fused-ring (bicyclic) bond motifs is 2. The van der Waals surface area contributed by atoms with E-state index in [1.807, 2.05) is 13.8 Å². The molecule has 6 atom stereocenters. The number of carbonyl (C=O) groups excluding carboxylic acids is 2. The number of phenols is 2. The third kappa shape index (κ3) is 9.10. The lowest BCUT2D eigenvalue weighted by molar-refractivity contribution is -0.112. The van der Waals surface area contributed by atoms with Gasteiger partial charge in [-0.1, -0.05) is 44.2 Å². The first-order valence-corrected chi connectivity index (χ1v) is 13.8. The molecule has 0 saturated carbocycles. The van der Waals surface area contributed by atoms with Crippen molar-refractivity contribution in [3.8, 4) is 11.5 Å². The van der Waals surface area contributed by atoms with Crippen molar-refractivity contribution in [1.82, 2.24) is 0 Å². The van der Waals surface area contributed by atoms with Crippen LogP contribution >= 0.6 is 0 Å². The zero-order chi connectivity index (χ0) is 31.6. The van der Waals surface area contributed by atoms with Crippen LogP contribution in [0.25, 0.3) is 0 Å². The molecule has 0 saturated heterocycles. The molecule has 2 rings (SSSR count). The number of amides is 2. The summed E-state index contributed by atoms with van der Waals surface area (Å²) in [6.45, 7) is 11.1. The maximum Gasteiger partial charge on any atom is 0.405 e. The summed E-state index contributed by atoms with van der Waals surface area (Å²) in [5.41, 5.74) is 7.01. The highest BCUT2D eigenvalue weighted by Crippen LogP contribution is 2.42. The smallest absolute Gasteiger partial charge is 0.405 e. The van der Waals surface area contributed by atoms with E-state index in [1.165, 1.54) is 26.4 Å². The van der Waals surface area contributed by atoms with Crippen molar-refractivity contribution in [2.45, 2.75) is 65.0 Å². The molecular weight excluding hydrogens is 542 g/mol. The number of methoxy groups -OCH3 is 2. The van der Waals surface area contributed by atoms with Gasteiger partial charge in [0.2, 0.25) is 0 Å². The maximum atomic E-state index is 13.0. The molecule has 1 aromatic carbocycles. The van der Waals surface area contributed by atoms with E-state index < -0.39 is 42.3 Å². The predicted octanol–water partition coefficient (Wildman–Crippen LogP) is 4.16. The summed E-state index contributed by atoms with van der Waals surface area (Å²) >= 11 is 0. The molecule has 0 aromatic heterocycles. The quantitative estimate of drug-likeness (QED) is 0.162. The van der Waals surface area contributed by atoms with Crippen LogP contribution in [-0.2, 0) is 25.4 Å². The number of aromatic hydroxyl groups is 2. The van der Waals surface area contributed by atoms with Crippen LogP contribution in [-0.4, -0.2) is 72.5 Å². The Kier molecular flexibility index (Phi) is 13.1. The van der Waals surface area contributed by atoms with Crippen molar-refractivity contribution >= 4 is 23.4 Å². The minimum Gasteiger partial charge on any atom is -0.506 e. The molecule has 7 N–H and O–H groups in total. The molecular formula is C31H45N3O8. The standard InChI is InChI=1S/C31H45N3O8/c1-8-12-33-26-21-13-17(2)14-25(41-7)27(36)19(4)15-20(5)29(42-31(32)39)24(40-6)11-9-10-18(3)30(38)34-22(28(21)37)16-23(26)35/h8-11,15-17,19,24-25,27,29,33,35-37H,1,12-14H2,2-7H3,(H2,32,39)(H,34,38)/t17-,19+,24?,25+,27-,29+/m1/s1. The predicted molar refractivity (Wildman–Crippen MR) is 162 cm³/mol. The Hall–Kier alpha value is -3.80. The molecule has 232 valence electrons. The van der Waals surface area contributed by atoms with Gasteiger partial charge in [0.15, 0.2) is 6.10 Å². The van der Waals surface area contributed by atoms with Crippen LogP contribution in [0.15, 0.2) is 54.2 Å². The summed E-state index contributed by atoms with van der Waals surface area (Å²) in [7, 11) is 2.95. The summed E-state index contributed by atoms with van der Waals surface area (Å²) in [6, 6.07) is 1.28. The fourth-order valence-corrected chi connectivity index (χ4v) is 4.98. The largest absolute Gasteiger partial charge is 0.506 e. The second-order valence-electron chi connectivity index (χ2n) is 10.6. The molecule has 11 nitrogen and oxygen atoms in total. The number of rotatable bonds is 6. The summed E-state index contributed by atoms with van der Waals surface area (Å²) in [4.78, 5) is 24.7. The third-order valence-corrected chi connectivity index (χ3v) is 7.25. The van der Waals surface area contributed by atoms with Gasteiger partial charge < -0.3 is 45.9 Å². The zero-order valence-electron chi connectivity index (χ0n) is 25.2. The Morgan fingerprint density at radius 1 is 1.24 bits per heavy atom. The highest BCUT2D eigenvalue weighted by molar-refractivity contribution is 6.04. The lowest BCUT2D eigenvalue weighted by Crippen LogP contribution is -2.37. The number of phenolic OH excluding ortho intramolecular Hbond substituents is 2. The summed E-state index contributed by atoms with van der Waals surface area (Å²) < 4.78 is 16.6. The lowest BCUT2D eigenvalue weighted by atomic mass is 9.87. The van der Waals surface area contributed by atoms with Crippen LogP contribution in [0.5, 0.6) is 11.5 Å². The minimum atomic E-state index is -0.990. The topological polar surface area (TPSA) is 173 Å². The number of benzene rings is 1. The van der Waals surface area contributed by atoms with Crippen molar-refractivity contribution in [3.63, 3.8) is 0 Å². The highest BCUT2D eigenvalue weighted by Gasteiger charge is 2.30. The van der Waals surface area contributed by atoms with Crippen LogP contribution in [0.1, 0.15) is 39.7 Å². The van der Waals surface area contributed by atoms with E-state index in [0.717, 1.165) is 0 Å². The summed E-state index contributed by atoms with van der Waals surface area (Å²) in [5, 5.41) is 39.1. The number of hydrogen-bond donors (Lipinski definition) is 6. The first-order chi connectivity index (χ1) is 19.8. The zero-order valence-corrected chi connectivity index (χ0v) is 25.2. The molecule has 42 heavy (non-hydrogen) atoms. The maximum absolute atomic E-state index is 13.0. The van der Waals surface area contributed by atoms with E-state index in [2.05, 4.69) is 17.2 Å². The number of aliphatic hydroxyl groups excluding tert-OH is 1. The van der Waals surface area contributed by atoms with E-state index in [0.29, 0.717) is 41.8 Å². The molecule has 2 bridgehead atoms. The molecule has 1 aromatic rings. The van der Waals surface area contributed by atoms with Gasteiger partial charge in [0.25, 0.3) is 5.91 Å². The number of ether oxygens (including phenoxy) is 3. The van der Waals surface area contributed by atoms with E-state index in [9.17, 15) is 24.9 Å². The van der Waals surface area contributed by atoms with Gasteiger partial charge in [0.1, 0.15) is 17.6 Å².